The van der Waals surface area contributed by atoms with Gasteiger partial charge in [0.15, 0.2) is 0 Å². The summed E-state index contributed by atoms with van der Waals surface area (Å²) in [4.78, 5) is 30.4. The summed E-state index contributed by atoms with van der Waals surface area (Å²) in [6.45, 7) is 3.80. The Kier molecular flexibility index (Phi) is 4.26. The van der Waals surface area contributed by atoms with Gasteiger partial charge in [0.05, 0.1) is 0 Å². The fourth-order valence-electron chi connectivity index (χ4n) is 1.37. The molecule has 1 aromatic heterocycles. The van der Waals surface area contributed by atoms with E-state index in [-0.39, 0.29) is 5.69 Å². The first-order valence-electron chi connectivity index (χ1n) is 5.82. The monoisotopic (exact) mass is 305 g/mol. The Bertz CT molecular complexity index is 585. The van der Waals surface area contributed by atoms with Gasteiger partial charge in [-0.05, 0) is 26.8 Å². The highest BCUT2D eigenvalue weighted by Crippen LogP contribution is 2.26. The van der Waals surface area contributed by atoms with E-state index in [4.69, 9.17) is 5.11 Å². The first-order valence-corrected chi connectivity index (χ1v) is 5.82. The number of carboxylic acid groups (broad SMARTS) is 1. The van der Waals surface area contributed by atoms with Crippen molar-refractivity contribution in [1.29, 1.82) is 0 Å². The third kappa shape index (κ3) is 3.47. The highest BCUT2D eigenvalue weighted by atomic mass is 19.4. The number of hydrogen-bond donors (Lipinski definition) is 1. The molecule has 116 valence electrons. The highest BCUT2D eigenvalue weighted by molar-refractivity contribution is 5.96. The van der Waals surface area contributed by atoms with Crippen LogP contribution in [-0.4, -0.2) is 44.4 Å². The average molecular weight is 305 g/mol. The van der Waals surface area contributed by atoms with Gasteiger partial charge in [0.2, 0.25) is 5.82 Å². The molecule has 0 unspecified atom stereocenters. The van der Waals surface area contributed by atoms with Gasteiger partial charge in [0.25, 0.3) is 5.91 Å². The number of amides is 1. The molecule has 1 amide bonds. The molecule has 0 aromatic carbocycles. The van der Waals surface area contributed by atoms with E-state index in [1.807, 2.05) is 0 Å². The molecule has 0 fully saturated rings. The van der Waals surface area contributed by atoms with Crippen LogP contribution in [0.2, 0.25) is 0 Å². The van der Waals surface area contributed by atoms with Crippen LogP contribution in [0.1, 0.15) is 35.9 Å². The van der Waals surface area contributed by atoms with E-state index >= 15 is 0 Å². The van der Waals surface area contributed by atoms with Crippen molar-refractivity contribution >= 4 is 11.9 Å². The Labute approximate surface area is 118 Å². The molecule has 1 heterocycles. The number of halogens is 3. The minimum Gasteiger partial charge on any atom is -0.480 e. The van der Waals surface area contributed by atoms with Crippen LogP contribution in [0.3, 0.4) is 0 Å². The summed E-state index contributed by atoms with van der Waals surface area (Å²) in [6.07, 6.45) is -4.79. The molecular formula is C12H14F3N3O3. The number of rotatable bonds is 3. The first-order chi connectivity index (χ1) is 9.37. The molecule has 0 saturated carbocycles. The number of carboxylic acids is 1. The quantitative estimate of drug-likeness (QED) is 0.919. The van der Waals surface area contributed by atoms with Crippen molar-refractivity contribution in [3.05, 3.63) is 23.3 Å². The number of nitrogens with zero attached hydrogens (tertiary/aromatic N) is 3. The summed E-state index contributed by atoms with van der Waals surface area (Å²) in [6, 6.07) is 1.08. The van der Waals surface area contributed by atoms with Crippen molar-refractivity contribution < 1.29 is 27.9 Å². The normalized spacial score (nSPS) is 12.1. The van der Waals surface area contributed by atoms with E-state index in [0.717, 1.165) is 11.0 Å². The zero-order valence-corrected chi connectivity index (χ0v) is 11.8. The van der Waals surface area contributed by atoms with Crippen molar-refractivity contribution in [1.82, 2.24) is 14.9 Å². The van der Waals surface area contributed by atoms with Gasteiger partial charge in [-0.2, -0.15) is 13.2 Å². The van der Waals surface area contributed by atoms with Crippen molar-refractivity contribution in [2.45, 2.75) is 32.5 Å². The van der Waals surface area contributed by atoms with E-state index in [9.17, 15) is 22.8 Å². The van der Waals surface area contributed by atoms with E-state index in [1.54, 1.807) is 0 Å². The molecule has 0 radical (unpaired) electrons. The van der Waals surface area contributed by atoms with E-state index < -0.39 is 35.1 Å². The van der Waals surface area contributed by atoms with Crippen LogP contribution in [0.5, 0.6) is 0 Å². The van der Waals surface area contributed by atoms with Crippen LogP contribution >= 0.6 is 0 Å². The molecule has 0 aliphatic heterocycles. The second kappa shape index (κ2) is 5.30. The fraction of sp³-hybridized carbons (Fsp3) is 0.500. The van der Waals surface area contributed by atoms with Crippen LogP contribution in [0.15, 0.2) is 6.07 Å². The molecule has 21 heavy (non-hydrogen) atoms. The number of carbonyl (C=O) groups is 2. The average Bonchev–Trinajstić information content (AvgIpc) is 2.34. The minimum atomic E-state index is -4.79. The molecule has 6 nitrogen and oxygen atoms in total. The highest BCUT2D eigenvalue weighted by Gasteiger charge is 2.39. The van der Waals surface area contributed by atoms with Crippen molar-refractivity contribution in [2.75, 3.05) is 7.05 Å². The maximum absolute atomic E-state index is 12.6. The summed E-state index contributed by atoms with van der Waals surface area (Å²) < 4.78 is 37.9. The van der Waals surface area contributed by atoms with Crippen molar-refractivity contribution in [3.8, 4) is 0 Å². The molecule has 0 spiro atoms. The lowest BCUT2D eigenvalue weighted by Crippen LogP contribution is -2.51. The van der Waals surface area contributed by atoms with Gasteiger partial charge in [-0.3, -0.25) is 4.79 Å². The van der Waals surface area contributed by atoms with Gasteiger partial charge in [-0.25, -0.2) is 14.8 Å². The smallest absolute Gasteiger partial charge is 0.451 e. The van der Waals surface area contributed by atoms with Gasteiger partial charge in [0.1, 0.15) is 11.2 Å². The topological polar surface area (TPSA) is 83.4 Å². The molecule has 1 N–H and O–H groups in total. The Morgan fingerprint density at radius 3 is 2.19 bits per heavy atom. The zero-order valence-electron chi connectivity index (χ0n) is 11.8. The fourth-order valence-corrected chi connectivity index (χ4v) is 1.37. The van der Waals surface area contributed by atoms with Crippen molar-refractivity contribution in [2.24, 2.45) is 0 Å². The van der Waals surface area contributed by atoms with Gasteiger partial charge < -0.3 is 10.0 Å². The Hall–Kier alpha value is -2.19. The molecule has 0 aliphatic rings. The summed E-state index contributed by atoms with van der Waals surface area (Å²) >= 11 is 0. The predicted octanol–water partition coefficient (Wildman–Crippen LogP) is 1.74. The van der Waals surface area contributed by atoms with Crippen molar-refractivity contribution in [3.63, 3.8) is 0 Å². The lowest BCUT2D eigenvalue weighted by molar-refractivity contribution is -0.147. The number of likely N-dealkylation sites (N-methyl/N-ethyl adjacent to an activating group) is 1. The van der Waals surface area contributed by atoms with E-state index in [2.05, 4.69) is 9.97 Å². The van der Waals surface area contributed by atoms with Crippen LogP contribution < -0.4 is 0 Å². The van der Waals surface area contributed by atoms with E-state index in [0.29, 0.717) is 0 Å². The Morgan fingerprint density at radius 2 is 1.76 bits per heavy atom. The van der Waals surface area contributed by atoms with Gasteiger partial charge in [-0.15, -0.1) is 0 Å². The molecule has 0 aliphatic carbocycles. The summed E-state index contributed by atoms with van der Waals surface area (Å²) in [5.74, 6) is -3.66. The number of alkyl halides is 3. The molecule has 1 rings (SSSR count). The molecule has 9 heteroatoms. The lowest BCUT2D eigenvalue weighted by Gasteiger charge is -2.31. The minimum absolute atomic E-state index is 0.0396. The molecular weight excluding hydrogens is 291 g/mol. The van der Waals surface area contributed by atoms with Crippen LogP contribution in [-0.2, 0) is 11.0 Å². The third-order valence-corrected chi connectivity index (χ3v) is 2.99. The Balaban J connectivity index is 3.26. The standard InChI is InChI=1S/C12H14F3N3O3/c1-6-5-7(17-9(16-6)12(13,14)15)8(19)18(4)11(2,3)10(20)21/h5H,1-4H3,(H,20,21). The van der Waals surface area contributed by atoms with Crippen LogP contribution in [0.4, 0.5) is 13.2 Å². The van der Waals surface area contributed by atoms with Crippen LogP contribution in [0.25, 0.3) is 0 Å². The maximum Gasteiger partial charge on any atom is 0.451 e. The number of carbonyl (C=O) groups excluding carboxylic acids is 1. The summed E-state index contributed by atoms with van der Waals surface area (Å²) in [5.41, 5.74) is -2.14. The number of aryl methyl sites for hydroxylation is 1. The Morgan fingerprint density at radius 1 is 1.24 bits per heavy atom. The van der Waals surface area contributed by atoms with Crippen LogP contribution in [0, 0.1) is 6.92 Å². The number of aromatic nitrogens is 2. The zero-order chi connectivity index (χ0) is 16.6. The molecule has 0 saturated heterocycles. The summed E-state index contributed by atoms with van der Waals surface area (Å²) in [7, 11) is 1.18. The largest absolute Gasteiger partial charge is 0.480 e. The predicted molar refractivity (Wildman–Crippen MR) is 65.6 cm³/mol. The number of aliphatic carboxylic acids is 1. The SMILES string of the molecule is Cc1cc(C(=O)N(C)C(C)(C)C(=O)O)nc(C(F)(F)F)n1. The molecule has 0 atom stereocenters. The van der Waals surface area contributed by atoms with E-state index in [1.165, 1.54) is 27.8 Å². The molecule has 1 aromatic rings. The van der Waals surface area contributed by atoms with Gasteiger partial charge >= 0.3 is 12.1 Å². The summed E-state index contributed by atoms with van der Waals surface area (Å²) in [5, 5.41) is 9.04. The second-order valence-corrected chi connectivity index (χ2v) is 4.94. The van der Waals surface area contributed by atoms with Gasteiger partial charge in [-0.1, -0.05) is 0 Å². The first kappa shape index (κ1) is 16.9. The van der Waals surface area contributed by atoms with Gasteiger partial charge in [0, 0.05) is 12.7 Å². The second-order valence-electron chi connectivity index (χ2n) is 4.94. The maximum atomic E-state index is 12.6. The lowest BCUT2D eigenvalue weighted by atomic mass is 10.0. The molecule has 0 bridgehead atoms. The third-order valence-electron chi connectivity index (χ3n) is 2.99. The number of hydrogen-bond acceptors (Lipinski definition) is 4.